The second-order valence-electron chi connectivity index (χ2n) is 14.2. The first kappa shape index (κ1) is 26.1. The van der Waals surface area contributed by atoms with Crippen molar-refractivity contribution in [3.05, 3.63) is 164 Å². The number of aromatic nitrogens is 3. The van der Waals surface area contributed by atoms with Crippen LogP contribution in [0.5, 0.6) is 0 Å². The zero-order valence-corrected chi connectivity index (χ0v) is 27.4. The lowest BCUT2D eigenvalue weighted by atomic mass is 9.90. The Morgan fingerprint density at radius 3 is 0.784 bits per heavy atom. The van der Waals surface area contributed by atoms with Crippen LogP contribution in [-0.4, -0.2) is 13.2 Å². The summed E-state index contributed by atoms with van der Waals surface area (Å²) < 4.78 is 7.41. The Balaban J connectivity index is 1.48. The molecule has 0 aliphatic carbocycles. The average Bonchev–Trinajstić information content (AvgIpc) is 3.97. The van der Waals surface area contributed by atoms with E-state index in [1.54, 1.807) is 0 Å². The third-order valence-electron chi connectivity index (χ3n) is 11.7. The normalized spacial score (nSPS) is 12.7. The van der Waals surface area contributed by atoms with E-state index < -0.39 is 0 Å². The summed E-state index contributed by atoms with van der Waals surface area (Å²) in [6, 6.07) is 54.4. The van der Waals surface area contributed by atoms with Crippen LogP contribution in [0.1, 0.15) is 0 Å². The van der Waals surface area contributed by atoms with E-state index in [9.17, 15) is 0 Å². The van der Waals surface area contributed by atoms with Gasteiger partial charge in [-0.1, -0.05) is 72.8 Å². The average molecular weight is 646 g/mol. The summed E-state index contributed by atoms with van der Waals surface area (Å²) in [7, 11) is 0. The van der Waals surface area contributed by atoms with Gasteiger partial charge in [-0.25, -0.2) is 0 Å². The fourth-order valence-electron chi connectivity index (χ4n) is 9.56. The van der Waals surface area contributed by atoms with Crippen LogP contribution in [0, 0.1) is 0 Å². The molecule has 0 aliphatic rings. The minimum Gasteiger partial charge on any atom is -0.315 e. The van der Waals surface area contributed by atoms with Gasteiger partial charge in [0.05, 0.1) is 33.1 Å². The van der Waals surface area contributed by atoms with Crippen molar-refractivity contribution < 1.29 is 0 Å². The molecule has 0 bridgehead atoms. The quantitative estimate of drug-likeness (QED) is 0.115. The van der Waals surface area contributed by atoms with Crippen molar-refractivity contribution in [2.75, 3.05) is 0 Å². The van der Waals surface area contributed by atoms with Crippen molar-refractivity contribution in [2.45, 2.75) is 0 Å². The predicted octanol–water partition coefficient (Wildman–Crippen LogP) is 12.8. The number of hydrogen-bond donors (Lipinski definition) is 0. The van der Waals surface area contributed by atoms with Gasteiger partial charge in [0, 0.05) is 50.9 Å². The first-order valence-electron chi connectivity index (χ1n) is 17.7. The first-order valence-corrected chi connectivity index (χ1v) is 17.7. The molecule has 6 aromatic heterocycles. The molecule has 3 heteroatoms. The first-order chi connectivity index (χ1) is 25.3. The molecule has 3 nitrogen and oxygen atoms in total. The van der Waals surface area contributed by atoms with Crippen molar-refractivity contribution in [3.63, 3.8) is 0 Å². The van der Waals surface area contributed by atoms with Gasteiger partial charge in [-0.15, -0.1) is 0 Å². The molecule has 0 spiro atoms. The van der Waals surface area contributed by atoms with E-state index in [2.05, 4.69) is 177 Å². The molecular formula is C48H27N3. The second-order valence-corrected chi connectivity index (χ2v) is 14.2. The maximum absolute atomic E-state index is 2.47. The highest BCUT2D eigenvalue weighted by atomic mass is 14.9. The van der Waals surface area contributed by atoms with Crippen molar-refractivity contribution in [1.29, 1.82) is 0 Å². The lowest BCUT2D eigenvalue weighted by Crippen LogP contribution is -2.01. The summed E-state index contributed by atoms with van der Waals surface area (Å²) in [5, 5.41) is 19.0. The Kier molecular flexibility index (Phi) is 4.62. The second kappa shape index (κ2) is 9.03. The van der Waals surface area contributed by atoms with E-state index in [4.69, 9.17) is 0 Å². The lowest BCUT2D eigenvalue weighted by molar-refractivity contribution is 1.26. The van der Waals surface area contributed by atoms with Gasteiger partial charge in [0.15, 0.2) is 0 Å². The molecule has 0 amide bonds. The molecule has 51 heavy (non-hydrogen) atoms. The van der Waals surface area contributed by atoms with Gasteiger partial charge >= 0.3 is 0 Å². The van der Waals surface area contributed by atoms with E-state index in [1.165, 1.54) is 114 Å². The summed E-state index contributed by atoms with van der Waals surface area (Å²) >= 11 is 0. The third-order valence-corrected chi connectivity index (χ3v) is 11.7. The fraction of sp³-hybridized carbons (Fsp3) is 0. The Bertz CT molecular complexity index is 3280. The molecule has 7 aromatic carbocycles. The molecule has 0 unspecified atom stereocenters. The number of benzene rings is 7. The van der Waals surface area contributed by atoms with Crippen LogP contribution in [-0.2, 0) is 0 Å². The highest BCUT2D eigenvalue weighted by Gasteiger charge is 2.24. The molecule has 13 rings (SSSR count). The molecule has 234 valence electrons. The number of nitrogens with zero attached hydrogens (tertiary/aromatic N) is 3. The van der Waals surface area contributed by atoms with Gasteiger partial charge in [-0.3, -0.25) is 0 Å². The molecule has 0 saturated heterocycles. The van der Waals surface area contributed by atoms with Crippen LogP contribution < -0.4 is 0 Å². The Hall–Kier alpha value is -6.84. The number of pyridine rings is 3. The van der Waals surface area contributed by atoms with Crippen LogP contribution in [0.4, 0.5) is 0 Å². The van der Waals surface area contributed by atoms with E-state index in [0.29, 0.717) is 0 Å². The summed E-state index contributed by atoms with van der Waals surface area (Å²) in [4.78, 5) is 0. The van der Waals surface area contributed by atoms with Crippen molar-refractivity contribution in [3.8, 4) is 0 Å². The number of rotatable bonds is 0. The smallest absolute Gasteiger partial charge is 0.0655 e. The zero-order valence-electron chi connectivity index (χ0n) is 27.4. The summed E-state index contributed by atoms with van der Waals surface area (Å²) in [5.41, 5.74) is 7.40. The molecule has 13 aromatic rings. The van der Waals surface area contributed by atoms with Crippen LogP contribution in [0.15, 0.2) is 164 Å². The minimum atomic E-state index is 1.22. The van der Waals surface area contributed by atoms with Gasteiger partial charge in [-0.2, -0.15) is 0 Å². The SMILES string of the molecule is c1ccc2cc3c(cc2c1)c1c(c2c4cc5ccccc5cc4c4cccn4c2c2c4cc5ccccc5cc4c4cccn4c12)n1cccc31. The van der Waals surface area contributed by atoms with Crippen molar-refractivity contribution in [1.82, 2.24) is 13.2 Å². The molecule has 0 aliphatic heterocycles. The standard InChI is InChI=1S/C48H27N3/c1-4-13-31-25-37-34(22-28(31)10-1)40-16-7-19-49(40)46-43(37)47-45(39-27-33-15-6-3-12-30(33)24-36(39)41-17-8-20-50(41)47)48-44(46)38-26-32-14-5-2-11-29(32)23-35(38)42-18-9-21-51(42)48/h1-27H. The zero-order chi connectivity index (χ0) is 32.9. The highest BCUT2D eigenvalue weighted by Crippen LogP contribution is 2.48. The lowest BCUT2D eigenvalue weighted by Gasteiger charge is -2.22. The third kappa shape index (κ3) is 3.16. The van der Waals surface area contributed by atoms with Crippen molar-refractivity contribution in [2.24, 2.45) is 0 Å². The van der Waals surface area contributed by atoms with Gasteiger partial charge in [0.25, 0.3) is 0 Å². The molecule has 6 heterocycles. The number of fused-ring (bicyclic) bond motifs is 24. The van der Waals surface area contributed by atoms with Gasteiger partial charge in [0.1, 0.15) is 0 Å². The molecule has 0 N–H and O–H groups in total. The molecule has 0 fully saturated rings. The molecular weight excluding hydrogens is 619 g/mol. The van der Waals surface area contributed by atoms with Crippen LogP contribution in [0.2, 0.25) is 0 Å². The van der Waals surface area contributed by atoms with Gasteiger partial charge < -0.3 is 13.2 Å². The Morgan fingerprint density at radius 2 is 0.510 bits per heavy atom. The van der Waals surface area contributed by atoms with E-state index in [-0.39, 0.29) is 0 Å². The predicted molar refractivity (Wildman–Crippen MR) is 217 cm³/mol. The van der Waals surface area contributed by atoms with E-state index in [1.807, 2.05) is 0 Å². The van der Waals surface area contributed by atoms with E-state index in [0.717, 1.165) is 0 Å². The monoisotopic (exact) mass is 645 g/mol. The van der Waals surface area contributed by atoms with E-state index >= 15 is 0 Å². The topological polar surface area (TPSA) is 13.2 Å². The molecule has 0 radical (unpaired) electrons. The van der Waals surface area contributed by atoms with Crippen LogP contribution in [0.3, 0.4) is 0 Å². The summed E-state index contributed by atoms with van der Waals surface area (Å²) in [6.07, 6.45) is 6.81. The van der Waals surface area contributed by atoms with Crippen LogP contribution >= 0.6 is 0 Å². The number of hydrogen-bond acceptors (Lipinski definition) is 0. The Labute approximate surface area is 290 Å². The summed E-state index contributed by atoms with van der Waals surface area (Å²) in [6.45, 7) is 0. The molecule has 0 saturated carbocycles. The summed E-state index contributed by atoms with van der Waals surface area (Å²) in [5.74, 6) is 0. The maximum atomic E-state index is 2.47. The van der Waals surface area contributed by atoms with Gasteiger partial charge in [0.2, 0.25) is 0 Å². The Morgan fingerprint density at radius 1 is 0.255 bits per heavy atom. The fourth-order valence-corrected chi connectivity index (χ4v) is 9.56. The van der Waals surface area contributed by atoms with Crippen molar-refractivity contribution >= 4 is 114 Å². The van der Waals surface area contributed by atoms with Gasteiger partial charge in [-0.05, 0) is 121 Å². The molecule has 0 atom stereocenters. The largest absolute Gasteiger partial charge is 0.315 e. The maximum Gasteiger partial charge on any atom is 0.0655 e. The minimum absolute atomic E-state index is 1.22. The highest BCUT2D eigenvalue weighted by molar-refractivity contribution is 6.40. The van der Waals surface area contributed by atoms with Crippen LogP contribution in [0.25, 0.3) is 114 Å².